The van der Waals surface area contributed by atoms with Crippen LogP contribution in [-0.2, 0) is 6.42 Å². The molecule has 0 unspecified atom stereocenters. The Balaban J connectivity index is 1.95. The fraction of sp³-hybridized carbons (Fsp3) is 0.333. The molecule has 1 atom stereocenters. The number of halogens is 1. The first-order chi connectivity index (χ1) is 10.3. The van der Waals surface area contributed by atoms with E-state index >= 15 is 0 Å². The molecule has 0 fully saturated rings. The molecule has 0 spiro atoms. The van der Waals surface area contributed by atoms with Crippen LogP contribution in [-0.4, -0.2) is 6.54 Å². The van der Waals surface area contributed by atoms with Gasteiger partial charge >= 0.3 is 0 Å². The van der Waals surface area contributed by atoms with E-state index in [1.165, 1.54) is 33.8 Å². The van der Waals surface area contributed by atoms with Gasteiger partial charge in [0, 0.05) is 20.9 Å². The number of nitrogens with one attached hydrogen (secondary N) is 1. The summed E-state index contributed by atoms with van der Waals surface area (Å²) in [7, 11) is 0. The highest BCUT2D eigenvalue weighted by Gasteiger charge is 2.22. The van der Waals surface area contributed by atoms with Crippen molar-refractivity contribution in [2.45, 2.75) is 42.0 Å². The van der Waals surface area contributed by atoms with Crippen molar-refractivity contribution in [3.05, 3.63) is 58.6 Å². The third kappa shape index (κ3) is 3.45. The standard InChI is InChI=1S/C18H20ClNS/c1-2-3-10-20-16-12-13-11-14(19)8-9-17(13)21-18-7-5-4-6-15(16)18/h4-9,11,16,20H,2-3,10,12H2,1H3/t16-/m0/s1. The maximum atomic E-state index is 6.19. The van der Waals surface area contributed by atoms with E-state index in [1.54, 1.807) is 0 Å². The van der Waals surface area contributed by atoms with E-state index in [0.29, 0.717) is 6.04 Å². The Bertz CT molecular complexity index is 626. The van der Waals surface area contributed by atoms with Crippen molar-refractivity contribution < 1.29 is 0 Å². The maximum absolute atomic E-state index is 6.19. The zero-order valence-electron chi connectivity index (χ0n) is 12.2. The quantitative estimate of drug-likeness (QED) is 0.749. The van der Waals surface area contributed by atoms with Gasteiger partial charge in [-0.1, -0.05) is 54.9 Å². The minimum absolute atomic E-state index is 0.375. The fourth-order valence-corrected chi connectivity index (χ4v) is 4.07. The molecule has 0 amide bonds. The van der Waals surface area contributed by atoms with Gasteiger partial charge in [-0.2, -0.15) is 0 Å². The minimum atomic E-state index is 0.375. The van der Waals surface area contributed by atoms with Crippen LogP contribution in [0.15, 0.2) is 52.3 Å². The molecule has 110 valence electrons. The van der Waals surface area contributed by atoms with Crippen LogP contribution in [0, 0.1) is 0 Å². The Morgan fingerprint density at radius 1 is 1.19 bits per heavy atom. The summed E-state index contributed by atoms with van der Waals surface area (Å²) >= 11 is 8.04. The lowest BCUT2D eigenvalue weighted by Crippen LogP contribution is -2.24. The summed E-state index contributed by atoms with van der Waals surface area (Å²) in [6.45, 7) is 3.30. The molecule has 0 saturated heterocycles. The van der Waals surface area contributed by atoms with Gasteiger partial charge in [0.2, 0.25) is 0 Å². The molecule has 3 rings (SSSR count). The monoisotopic (exact) mass is 317 g/mol. The van der Waals surface area contributed by atoms with Gasteiger partial charge in [0.05, 0.1) is 0 Å². The number of fused-ring (bicyclic) bond motifs is 2. The van der Waals surface area contributed by atoms with E-state index in [9.17, 15) is 0 Å². The van der Waals surface area contributed by atoms with Gasteiger partial charge in [-0.25, -0.2) is 0 Å². The Labute approximate surface area is 136 Å². The second-order valence-corrected chi connectivity index (χ2v) is 6.98. The summed E-state index contributed by atoms with van der Waals surface area (Å²) in [5, 5.41) is 4.55. The van der Waals surface area contributed by atoms with Crippen molar-refractivity contribution >= 4 is 23.4 Å². The molecular weight excluding hydrogens is 298 g/mol. The Hall–Kier alpha value is -0.960. The van der Waals surface area contributed by atoms with E-state index < -0.39 is 0 Å². The van der Waals surface area contributed by atoms with Crippen molar-refractivity contribution in [1.82, 2.24) is 5.32 Å². The Kier molecular flexibility index (Phi) is 4.89. The number of benzene rings is 2. The van der Waals surface area contributed by atoms with Gasteiger partial charge in [-0.3, -0.25) is 0 Å². The van der Waals surface area contributed by atoms with Gasteiger partial charge < -0.3 is 5.32 Å². The molecule has 1 aliphatic heterocycles. The fourth-order valence-electron chi connectivity index (χ4n) is 2.75. The molecule has 1 aliphatic rings. The van der Waals surface area contributed by atoms with Crippen molar-refractivity contribution in [2.75, 3.05) is 6.54 Å². The number of rotatable bonds is 4. The highest BCUT2D eigenvalue weighted by atomic mass is 35.5. The van der Waals surface area contributed by atoms with Crippen molar-refractivity contribution in [3.63, 3.8) is 0 Å². The molecule has 2 aromatic carbocycles. The van der Waals surface area contributed by atoms with E-state index in [0.717, 1.165) is 18.0 Å². The third-order valence-corrected chi connectivity index (χ3v) is 5.33. The van der Waals surface area contributed by atoms with Gasteiger partial charge in [-0.05, 0) is 54.8 Å². The lowest BCUT2D eigenvalue weighted by atomic mass is 9.98. The summed E-state index contributed by atoms with van der Waals surface area (Å²) < 4.78 is 0. The smallest absolute Gasteiger partial charge is 0.0409 e. The first-order valence-electron chi connectivity index (χ1n) is 7.56. The molecule has 21 heavy (non-hydrogen) atoms. The van der Waals surface area contributed by atoms with Crippen molar-refractivity contribution in [1.29, 1.82) is 0 Å². The first-order valence-corrected chi connectivity index (χ1v) is 8.76. The van der Waals surface area contributed by atoms with Gasteiger partial charge in [0.15, 0.2) is 0 Å². The SMILES string of the molecule is CCCCN[C@H]1Cc2cc(Cl)ccc2Sc2ccccc21. The summed E-state index contributed by atoms with van der Waals surface area (Å²) in [5.74, 6) is 0. The van der Waals surface area contributed by atoms with Crippen LogP contribution < -0.4 is 5.32 Å². The van der Waals surface area contributed by atoms with E-state index in [2.05, 4.69) is 48.6 Å². The van der Waals surface area contributed by atoms with E-state index in [4.69, 9.17) is 11.6 Å². The van der Waals surface area contributed by atoms with Crippen LogP contribution >= 0.6 is 23.4 Å². The number of hydrogen-bond acceptors (Lipinski definition) is 2. The lowest BCUT2D eigenvalue weighted by Gasteiger charge is -2.19. The predicted octanol–water partition coefficient (Wildman–Crippen LogP) is 5.48. The van der Waals surface area contributed by atoms with Crippen LogP contribution in [0.3, 0.4) is 0 Å². The van der Waals surface area contributed by atoms with Crippen LogP contribution in [0.5, 0.6) is 0 Å². The highest BCUT2D eigenvalue weighted by Crippen LogP contribution is 2.41. The zero-order valence-corrected chi connectivity index (χ0v) is 13.8. The van der Waals surface area contributed by atoms with E-state index in [1.807, 2.05) is 17.8 Å². The normalized spacial score (nSPS) is 17.0. The van der Waals surface area contributed by atoms with Crippen molar-refractivity contribution in [2.24, 2.45) is 0 Å². The van der Waals surface area contributed by atoms with Gasteiger partial charge in [0.25, 0.3) is 0 Å². The van der Waals surface area contributed by atoms with Crippen LogP contribution in [0.1, 0.15) is 36.9 Å². The first kappa shape index (κ1) is 15.0. The van der Waals surface area contributed by atoms with Crippen LogP contribution in [0.4, 0.5) is 0 Å². The molecule has 2 aromatic rings. The second-order valence-electron chi connectivity index (χ2n) is 5.46. The molecule has 1 heterocycles. The van der Waals surface area contributed by atoms with Crippen molar-refractivity contribution in [3.8, 4) is 0 Å². The van der Waals surface area contributed by atoms with Gasteiger partial charge in [0.1, 0.15) is 0 Å². The average molecular weight is 318 g/mol. The third-order valence-electron chi connectivity index (χ3n) is 3.88. The average Bonchev–Trinajstić information content (AvgIpc) is 2.64. The zero-order chi connectivity index (χ0) is 14.7. The summed E-state index contributed by atoms with van der Waals surface area (Å²) in [6, 6.07) is 15.4. The van der Waals surface area contributed by atoms with Crippen LogP contribution in [0.25, 0.3) is 0 Å². The molecular formula is C18H20ClNS. The minimum Gasteiger partial charge on any atom is -0.310 e. The molecule has 0 aliphatic carbocycles. The summed E-state index contributed by atoms with van der Waals surface area (Å²) in [5.41, 5.74) is 2.75. The maximum Gasteiger partial charge on any atom is 0.0409 e. The number of hydrogen-bond donors (Lipinski definition) is 1. The molecule has 0 aromatic heterocycles. The number of unbranched alkanes of at least 4 members (excludes halogenated alkanes) is 1. The lowest BCUT2D eigenvalue weighted by molar-refractivity contribution is 0.511. The van der Waals surface area contributed by atoms with Gasteiger partial charge in [-0.15, -0.1) is 0 Å². The summed E-state index contributed by atoms with van der Waals surface area (Å²) in [6.07, 6.45) is 3.44. The largest absolute Gasteiger partial charge is 0.310 e. The molecule has 1 N–H and O–H groups in total. The molecule has 0 radical (unpaired) electrons. The second kappa shape index (κ2) is 6.87. The summed E-state index contributed by atoms with van der Waals surface area (Å²) in [4.78, 5) is 2.68. The Morgan fingerprint density at radius 2 is 2.05 bits per heavy atom. The van der Waals surface area contributed by atoms with E-state index in [-0.39, 0.29) is 0 Å². The Morgan fingerprint density at radius 3 is 2.90 bits per heavy atom. The molecule has 1 nitrogen and oxygen atoms in total. The molecule has 0 saturated carbocycles. The highest BCUT2D eigenvalue weighted by molar-refractivity contribution is 7.99. The topological polar surface area (TPSA) is 12.0 Å². The molecule has 3 heteroatoms. The van der Waals surface area contributed by atoms with Crippen LogP contribution in [0.2, 0.25) is 5.02 Å². The predicted molar refractivity (Wildman–Crippen MR) is 91.4 cm³/mol. The molecule has 0 bridgehead atoms.